The van der Waals surface area contributed by atoms with Crippen LogP contribution in [0.1, 0.15) is 71.0 Å². The maximum atomic E-state index is 7.29. The fourth-order valence-corrected chi connectivity index (χ4v) is 21.3. The Bertz CT molecular complexity index is 6960. The second-order valence-electron chi connectivity index (χ2n) is 34.7. The number of pyridine rings is 7. The molecule has 126 heavy (non-hydrogen) atoms. The van der Waals surface area contributed by atoms with Gasteiger partial charge in [-0.1, -0.05) is 245 Å². The van der Waals surface area contributed by atoms with Gasteiger partial charge in [0, 0.05) is 118 Å². The number of para-hydroxylation sites is 2. The summed E-state index contributed by atoms with van der Waals surface area (Å²) in [6.07, 6.45) is 12.1. The topological polar surface area (TPSA) is 130 Å². The van der Waals surface area contributed by atoms with Crippen LogP contribution < -0.4 is 20.7 Å². The van der Waals surface area contributed by atoms with Gasteiger partial charge in [0.2, 0.25) is 5.71 Å². The van der Waals surface area contributed by atoms with Crippen LogP contribution in [0.4, 0.5) is 0 Å². The first-order valence-electron chi connectivity index (χ1n) is 43.5. The molecule has 643 valence electrons. The summed E-state index contributed by atoms with van der Waals surface area (Å²) < 4.78 is 39.8. The Balaban J connectivity index is 0.000000154. The zero-order valence-corrected chi connectivity index (χ0v) is 84.3. The first-order valence-corrected chi connectivity index (χ1v) is 52.0. The van der Waals surface area contributed by atoms with E-state index in [1.807, 2.05) is 172 Å². The molecule has 0 saturated heterocycles. The van der Waals surface area contributed by atoms with Gasteiger partial charge in [0.05, 0.1) is 32.9 Å². The van der Waals surface area contributed by atoms with Crippen molar-refractivity contribution in [3.63, 3.8) is 0 Å². The fraction of sp³-hybridized carbons (Fsp3) is 0.191. The van der Waals surface area contributed by atoms with Crippen molar-refractivity contribution in [2.45, 2.75) is 127 Å². The van der Waals surface area contributed by atoms with E-state index >= 15 is 0 Å². The molecule has 16 heteroatoms. The molecule has 0 unspecified atom stereocenters. The van der Waals surface area contributed by atoms with Gasteiger partial charge in [-0.15, -0.1) is 173 Å². The normalized spacial score (nSPS) is 11.7. The average molecular weight is 2240 g/mol. The average Bonchev–Trinajstić information content (AvgIpc) is 1.51. The summed E-state index contributed by atoms with van der Waals surface area (Å²) in [6, 6.07) is 106. The Labute approximate surface area is 791 Å². The third-order valence-electron chi connectivity index (χ3n) is 21.5. The Morgan fingerprint density at radius 3 is 1.38 bits per heavy atom. The molecule has 0 aliphatic rings. The van der Waals surface area contributed by atoms with E-state index in [1.54, 1.807) is 18.2 Å². The minimum Gasteiger partial charge on any atom is -0.500 e. The predicted octanol–water partition coefficient (Wildman–Crippen LogP) is 26.2. The monoisotopic (exact) mass is 2240 g/mol. The van der Waals surface area contributed by atoms with Crippen molar-refractivity contribution < 1.29 is 77.7 Å². The van der Waals surface area contributed by atoms with Crippen molar-refractivity contribution in [1.82, 2.24) is 34.9 Å². The largest absolute Gasteiger partial charge is 0.500 e. The zero-order chi connectivity index (χ0) is 89.0. The molecule has 0 aliphatic heterocycles. The molecule has 3 radical (unpaired) electrons. The first-order chi connectivity index (χ1) is 60.4. The number of benzene rings is 9. The Morgan fingerprint density at radius 2 is 0.825 bits per heavy atom. The molecule has 10 aromatic heterocycles. The van der Waals surface area contributed by atoms with E-state index in [2.05, 4.69) is 260 Å². The molecule has 19 aromatic rings. The van der Waals surface area contributed by atoms with Crippen molar-refractivity contribution in [2.75, 3.05) is 0 Å². The summed E-state index contributed by atoms with van der Waals surface area (Å²) in [5.74, 6) is 1.19. The molecule has 0 amide bonds. The third-order valence-corrected chi connectivity index (χ3v) is 29.3. The van der Waals surface area contributed by atoms with E-state index in [1.165, 1.54) is 54.6 Å². The van der Waals surface area contributed by atoms with Crippen LogP contribution in [0.15, 0.2) is 305 Å². The molecule has 0 bridgehead atoms. The molecule has 0 spiro atoms. The smallest absolute Gasteiger partial charge is 0.216 e. The molecule has 10 nitrogen and oxygen atoms in total. The minimum absolute atomic E-state index is 0. The Kier molecular flexibility index (Phi) is 31.2. The van der Waals surface area contributed by atoms with Crippen LogP contribution in [0.25, 0.3) is 133 Å². The van der Waals surface area contributed by atoms with Crippen LogP contribution in [-0.2, 0) is 73.2 Å². The molecule has 19 rings (SSSR count). The van der Waals surface area contributed by atoms with Gasteiger partial charge in [-0.25, -0.2) is 4.98 Å². The Hall–Kier alpha value is -11.0. The molecule has 0 fully saturated rings. The van der Waals surface area contributed by atoms with E-state index in [9.17, 15) is 0 Å². The summed E-state index contributed by atoms with van der Waals surface area (Å²) in [4.78, 5) is 31.7. The standard InChI is InChI=1S/C29H29N2OSi.C24H26NOSi.C21H20NOSi.3C12H10N.3Ir/c1-19(2)15-22-17-26(30-18-28(22)33(4,5)23-9-7-6-8-10-23)21-12-14-27-25(16-21)24-13-11-20(3)31-29(24)32-27;1-16(2)12-18-14-21(25-15-24(18)27(3,4)5)17-10-11-23-20(13-17)19-8-6-7-9-22(19)26-23;1-14-11-18(22-13-21(14)24(2,3)4)15-9-10-17-16-7-5-6-8-19(16)23-20(17)12-15;1-10-6-5-9-12(13-10)11-7-3-2-4-8-11;1-10-7-8-13-12(9-10)11-5-3-2-4-6-11;1-10-7-8-12(13-9-10)11-5-3-2-4-6-11;;;/h6-11,13-14,16-19H,15H2,1-5H3;6-9,11,13-16H,12H2,1-5H3;5-8,10-13H,1-4H3;2-7,9H,1H3;2*2-5,7-9H,1H3;;;/q6*-1;;;/i;;;1D3;;;;;. The van der Waals surface area contributed by atoms with E-state index in [4.69, 9.17) is 32.3 Å². The molecule has 0 N–H and O–H groups in total. The summed E-state index contributed by atoms with van der Waals surface area (Å²) in [6.45, 7) is 34.3. The van der Waals surface area contributed by atoms with Crippen molar-refractivity contribution in [2.24, 2.45) is 11.8 Å². The Morgan fingerprint density at radius 1 is 0.333 bits per heavy atom. The molecule has 9 aromatic carbocycles. The zero-order valence-electron chi connectivity index (χ0n) is 77.1. The summed E-state index contributed by atoms with van der Waals surface area (Å²) >= 11 is 0. The molecule has 0 saturated carbocycles. The summed E-state index contributed by atoms with van der Waals surface area (Å²) in [7, 11) is -4.65. The molecular weight excluding hydrogens is 2130 g/mol. The van der Waals surface area contributed by atoms with Crippen LogP contribution in [0.5, 0.6) is 0 Å². The number of aryl methyl sites for hydroxylation is 5. The van der Waals surface area contributed by atoms with Gasteiger partial charge in [0.1, 0.15) is 19.2 Å². The molecule has 0 aliphatic carbocycles. The maximum absolute atomic E-state index is 7.29. The number of furan rings is 3. The van der Waals surface area contributed by atoms with Crippen LogP contribution in [0.3, 0.4) is 0 Å². The van der Waals surface area contributed by atoms with Gasteiger partial charge < -0.3 is 43.2 Å². The number of aromatic nitrogens is 7. The van der Waals surface area contributed by atoms with E-state index in [0.717, 1.165) is 141 Å². The van der Waals surface area contributed by atoms with Crippen LogP contribution in [-0.4, -0.2) is 59.1 Å². The number of hydrogen-bond acceptors (Lipinski definition) is 10. The second-order valence-corrected chi connectivity index (χ2v) is 49.1. The van der Waals surface area contributed by atoms with Crippen molar-refractivity contribution in [3.8, 4) is 67.5 Å². The van der Waals surface area contributed by atoms with Crippen LogP contribution in [0.2, 0.25) is 52.4 Å². The van der Waals surface area contributed by atoms with Gasteiger partial charge in [-0.05, 0) is 156 Å². The van der Waals surface area contributed by atoms with Crippen molar-refractivity contribution in [3.05, 3.63) is 367 Å². The van der Waals surface area contributed by atoms with Gasteiger partial charge in [-0.3, -0.25) is 0 Å². The number of fused-ring (bicyclic) bond motifs is 9. The van der Waals surface area contributed by atoms with Gasteiger partial charge in [-0.2, -0.15) is 0 Å². The number of rotatable bonds is 14. The maximum Gasteiger partial charge on any atom is 0.216 e. The molecular formula is C110H105Ir3N7O3Si3-6. The summed E-state index contributed by atoms with van der Waals surface area (Å²) in [5.41, 5.74) is 24.1. The number of hydrogen-bond donors (Lipinski definition) is 0. The van der Waals surface area contributed by atoms with Crippen molar-refractivity contribution >= 4 is 111 Å². The van der Waals surface area contributed by atoms with Gasteiger partial charge >= 0.3 is 0 Å². The minimum atomic E-state index is -2.16. The van der Waals surface area contributed by atoms with Crippen LogP contribution in [0, 0.1) is 82.8 Å². The van der Waals surface area contributed by atoms with Gasteiger partial charge in [0.15, 0.2) is 0 Å². The predicted molar refractivity (Wildman–Crippen MR) is 521 cm³/mol. The van der Waals surface area contributed by atoms with Gasteiger partial charge in [0.25, 0.3) is 0 Å². The molecule has 0 atom stereocenters. The summed E-state index contributed by atoms with van der Waals surface area (Å²) in [5, 5.41) is 12.3. The molecule has 10 heterocycles. The van der Waals surface area contributed by atoms with E-state index in [0.29, 0.717) is 23.2 Å². The first kappa shape index (κ1) is 91.2. The fourth-order valence-electron chi connectivity index (χ4n) is 15.3. The van der Waals surface area contributed by atoms with E-state index < -0.39 is 31.1 Å². The second kappa shape index (κ2) is 43.0. The number of nitrogens with zero attached hydrogens (tertiary/aromatic N) is 7. The third kappa shape index (κ3) is 23.8. The van der Waals surface area contributed by atoms with E-state index in [-0.39, 0.29) is 66.0 Å². The quantitative estimate of drug-likeness (QED) is 0.0766. The SMILES string of the molecule is CC(C)Cc1cc(-c2[c-]cc3oc4ccccc4c3c2)ncc1[Si](C)(C)C.Cc1cc(-c2[c-]cc3c(c2)oc2ccccc23)ncc1[Si](C)(C)C.Cc1ccc(-c2[c-]cccc2)nc1.Cc1ccc2c(n1)oc1c[c-]c(-c3cc(CC(C)C)c([Si](C)(C)c4ccccc4)cn3)cc12.Cc1ccnc(-c2[c-]cccc2)c1.[2H]C([2H])([2H])c1cccc(-c2[c-]cccc2)n1.[Ir].[Ir].[Ir]. The van der Waals surface area contributed by atoms with Crippen molar-refractivity contribution in [1.29, 1.82) is 0 Å². The van der Waals surface area contributed by atoms with Crippen LogP contribution >= 0.6 is 0 Å².